The van der Waals surface area contributed by atoms with Gasteiger partial charge in [0.2, 0.25) is 0 Å². The van der Waals surface area contributed by atoms with Crippen LogP contribution in [0.2, 0.25) is 0 Å². The first kappa shape index (κ1) is 14.5. The number of benzene rings is 1. The zero-order chi connectivity index (χ0) is 16.5. The molecule has 1 fully saturated rings. The number of hydrogen-bond acceptors (Lipinski definition) is 3. The van der Waals surface area contributed by atoms with E-state index in [2.05, 4.69) is 42.7 Å². The van der Waals surface area contributed by atoms with Crippen LogP contribution >= 0.6 is 0 Å². The van der Waals surface area contributed by atoms with Crippen LogP contribution in [0.5, 0.6) is 5.75 Å². The van der Waals surface area contributed by atoms with Gasteiger partial charge in [-0.1, -0.05) is 30.4 Å². The highest BCUT2D eigenvalue weighted by Crippen LogP contribution is 2.61. The number of hydrogen-bond donors (Lipinski definition) is 1. The van der Waals surface area contributed by atoms with Crippen molar-refractivity contribution in [3.05, 3.63) is 64.8 Å². The third-order valence-electron chi connectivity index (χ3n) is 6.45. The summed E-state index contributed by atoms with van der Waals surface area (Å²) in [4.78, 5) is 2.54. The SMILES string of the molecule is C=CCN1CC[C@]23C4=CC=C(CO)[C@H]2Oc2c(C)ccc(c23)C[C@@H]41. The standard InChI is InChI=1S/C21H23NO2/c1-3-9-22-10-8-21-16-7-6-15(12-23)20(21)24-19-13(2)4-5-14(18(19)21)11-17(16)22/h3-7,17,20,23H,1,8-12H2,2H3/t17-,20+,21+/m0/s1. The smallest absolute Gasteiger partial charge is 0.136 e. The Morgan fingerprint density at radius 1 is 1.42 bits per heavy atom. The average molecular weight is 321 g/mol. The summed E-state index contributed by atoms with van der Waals surface area (Å²) < 4.78 is 6.50. The van der Waals surface area contributed by atoms with Gasteiger partial charge in [-0.25, -0.2) is 0 Å². The first-order valence-corrected chi connectivity index (χ1v) is 8.87. The highest BCUT2D eigenvalue weighted by atomic mass is 16.5. The molecule has 1 aromatic carbocycles. The summed E-state index contributed by atoms with van der Waals surface area (Å²) in [6.07, 6.45) is 8.43. The van der Waals surface area contributed by atoms with E-state index in [0.29, 0.717) is 6.04 Å². The van der Waals surface area contributed by atoms with Crippen LogP contribution in [0.1, 0.15) is 23.1 Å². The van der Waals surface area contributed by atoms with E-state index in [1.165, 1.54) is 22.3 Å². The molecule has 0 amide bonds. The molecule has 2 aliphatic heterocycles. The Hall–Kier alpha value is -1.84. The second kappa shape index (κ2) is 4.84. The van der Waals surface area contributed by atoms with E-state index in [9.17, 15) is 5.11 Å². The van der Waals surface area contributed by atoms with Crippen LogP contribution < -0.4 is 4.74 Å². The van der Waals surface area contributed by atoms with E-state index < -0.39 is 0 Å². The molecule has 24 heavy (non-hydrogen) atoms. The second-order valence-corrected chi connectivity index (χ2v) is 7.49. The predicted octanol–water partition coefficient (Wildman–Crippen LogP) is 2.67. The number of aryl methyl sites for hydroxylation is 1. The molecule has 124 valence electrons. The average Bonchev–Trinajstić information content (AvgIpc) is 2.94. The Bertz CT molecular complexity index is 806. The fraction of sp³-hybridized carbons (Fsp3) is 0.429. The fourth-order valence-corrected chi connectivity index (χ4v) is 5.46. The Kier molecular flexibility index (Phi) is 2.92. The Labute approximate surface area is 142 Å². The lowest BCUT2D eigenvalue weighted by Gasteiger charge is -2.53. The summed E-state index contributed by atoms with van der Waals surface area (Å²) in [5.41, 5.74) is 6.47. The van der Waals surface area contributed by atoms with Gasteiger partial charge in [0.25, 0.3) is 0 Å². The Morgan fingerprint density at radius 3 is 3.08 bits per heavy atom. The van der Waals surface area contributed by atoms with Crippen LogP contribution in [-0.4, -0.2) is 41.8 Å². The number of aliphatic hydroxyl groups excluding tert-OH is 1. The van der Waals surface area contributed by atoms with Crippen molar-refractivity contribution in [3.63, 3.8) is 0 Å². The molecule has 0 aromatic heterocycles. The van der Waals surface area contributed by atoms with E-state index in [0.717, 1.165) is 37.3 Å². The van der Waals surface area contributed by atoms with E-state index in [1.54, 1.807) is 0 Å². The molecule has 2 aliphatic carbocycles. The molecule has 1 aromatic rings. The van der Waals surface area contributed by atoms with Gasteiger partial charge in [-0.3, -0.25) is 4.90 Å². The highest BCUT2D eigenvalue weighted by Gasteiger charge is 2.61. The van der Waals surface area contributed by atoms with Crippen LogP contribution in [-0.2, 0) is 11.8 Å². The first-order chi connectivity index (χ1) is 11.7. The van der Waals surface area contributed by atoms with Crippen molar-refractivity contribution in [2.75, 3.05) is 19.7 Å². The van der Waals surface area contributed by atoms with Gasteiger partial charge in [0.05, 0.1) is 12.0 Å². The van der Waals surface area contributed by atoms with E-state index in [1.807, 2.05) is 6.08 Å². The summed E-state index contributed by atoms with van der Waals surface area (Å²) in [7, 11) is 0. The summed E-state index contributed by atoms with van der Waals surface area (Å²) >= 11 is 0. The third kappa shape index (κ3) is 1.55. The molecule has 1 saturated heterocycles. The van der Waals surface area contributed by atoms with E-state index in [4.69, 9.17) is 4.74 Å². The molecular weight excluding hydrogens is 298 g/mol. The normalized spacial score (nSPS) is 32.6. The molecule has 2 heterocycles. The van der Waals surface area contributed by atoms with E-state index >= 15 is 0 Å². The quantitative estimate of drug-likeness (QED) is 0.869. The van der Waals surface area contributed by atoms with Crippen molar-refractivity contribution in [1.82, 2.24) is 4.90 Å². The van der Waals surface area contributed by atoms with Crippen LogP contribution in [0, 0.1) is 6.92 Å². The summed E-state index contributed by atoms with van der Waals surface area (Å²) in [5, 5.41) is 9.89. The zero-order valence-electron chi connectivity index (χ0n) is 14.1. The Morgan fingerprint density at radius 2 is 2.29 bits per heavy atom. The van der Waals surface area contributed by atoms with E-state index in [-0.39, 0.29) is 18.1 Å². The molecule has 2 bridgehead atoms. The maximum atomic E-state index is 9.89. The maximum absolute atomic E-state index is 9.89. The van der Waals surface area contributed by atoms with Crippen LogP contribution in [0.4, 0.5) is 0 Å². The lowest BCUT2D eigenvalue weighted by Crippen LogP contribution is -2.59. The van der Waals surface area contributed by atoms with Crippen molar-refractivity contribution in [2.45, 2.75) is 37.3 Å². The van der Waals surface area contributed by atoms with Crippen molar-refractivity contribution >= 4 is 0 Å². The Balaban J connectivity index is 1.78. The monoisotopic (exact) mass is 321 g/mol. The summed E-state index contributed by atoms with van der Waals surface area (Å²) in [6.45, 7) is 8.12. The molecule has 5 rings (SSSR count). The van der Waals surface area contributed by atoms with Gasteiger partial charge in [0.1, 0.15) is 11.9 Å². The largest absolute Gasteiger partial charge is 0.484 e. The van der Waals surface area contributed by atoms with Crippen LogP contribution in [0.15, 0.2) is 48.1 Å². The number of ether oxygens (including phenoxy) is 1. The third-order valence-corrected chi connectivity index (χ3v) is 6.45. The van der Waals surface area contributed by atoms with Crippen molar-refractivity contribution in [1.29, 1.82) is 0 Å². The number of aliphatic hydroxyl groups is 1. The first-order valence-electron chi connectivity index (χ1n) is 8.87. The highest BCUT2D eigenvalue weighted by molar-refractivity contribution is 5.66. The molecule has 0 unspecified atom stereocenters. The second-order valence-electron chi connectivity index (χ2n) is 7.49. The zero-order valence-corrected chi connectivity index (χ0v) is 14.1. The van der Waals surface area contributed by atoms with Crippen LogP contribution in [0.25, 0.3) is 0 Å². The van der Waals surface area contributed by atoms with Gasteiger partial charge in [0.15, 0.2) is 0 Å². The summed E-state index contributed by atoms with van der Waals surface area (Å²) in [6, 6.07) is 4.90. The number of likely N-dealkylation sites (tertiary alicyclic amines) is 1. The molecule has 3 heteroatoms. The van der Waals surface area contributed by atoms with Gasteiger partial charge in [-0.2, -0.15) is 0 Å². The minimum Gasteiger partial charge on any atom is -0.484 e. The molecule has 4 aliphatic rings. The number of nitrogens with zero attached hydrogens (tertiary/aromatic N) is 1. The van der Waals surface area contributed by atoms with Crippen molar-refractivity contribution < 1.29 is 9.84 Å². The van der Waals surface area contributed by atoms with Crippen molar-refractivity contribution in [2.24, 2.45) is 0 Å². The van der Waals surface area contributed by atoms with Gasteiger partial charge in [0, 0.05) is 24.7 Å². The molecular formula is C21H23NO2. The fourth-order valence-electron chi connectivity index (χ4n) is 5.46. The molecule has 3 atom stereocenters. The van der Waals surface area contributed by atoms with Gasteiger partial charge in [-0.15, -0.1) is 6.58 Å². The summed E-state index contributed by atoms with van der Waals surface area (Å²) in [5.74, 6) is 1.07. The van der Waals surface area contributed by atoms with Crippen LogP contribution in [0.3, 0.4) is 0 Å². The molecule has 1 N–H and O–H groups in total. The number of allylic oxidation sites excluding steroid dienone is 2. The lowest BCUT2D eigenvalue weighted by atomic mass is 9.56. The molecule has 1 spiro atoms. The van der Waals surface area contributed by atoms with Gasteiger partial charge in [-0.05, 0) is 42.0 Å². The van der Waals surface area contributed by atoms with Gasteiger partial charge < -0.3 is 9.84 Å². The maximum Gasteiger partial charge on any atom is 0.136 e. The number of rotatable bonds is 3. The molecule has 0 radical (unpaired) electrons. The predicted molar refractivity (Wildman–Crippen MR) is 94.4 cm³/mol. The minimum absolute atomic E-state index is 0.0361. The number of piperidine rings is 1. The van der Waals surface area contributed by atoms with Crippen molar-refractivity contribution in [3.8, 4) is 5.75 Å². The molecule has 0 saturated carbocycles. The lowest BCUT2D eigenvalue weighted by molar-refractivity contribution is 0.0965. The minimum atomic E-state index is -0.0654. The van der Waals surface area contributed by atoms with Gasteiger partial charge >= 0.3 is 0 Å². The molecule has 3 nitrogen and oxygen atoms in total. The topological polar surface area (TPSA) is 32.7 Å².